The van der Waals surface area contributed by atoms with Crippen molar-refractivity contribution < 1.29 is 4.79 Å². The van der Waals surface area contributed by atoms with Gasteiger partial charge in [-0.3, -0.25) is 0 Å². The van der Waals surface area contributed by atoms with E-state index in [4.69, 9.17) is 5.73 Å². The van der Waals surface area contributed by atoms with Crippen LogP contribution in [0.5, 0.6) is 0 Å². The Balaban J connectivity index is 2.14. The van der Waals surface area contributed by atoms with Crippen molar-refractivity contribution in [2.45, 2.75) is 19.9 Å². The van der Waals surface area contributed by atoms with Gasteiger partial charge in [-0.05, 0) is 17.4 Å². The molecule has 0 aromatic heterocycles. The standard InChI is InChI=1S/C16H21N3O/c1-11(2)15(10-17)19-16(20)18-14-9-5-7-12-6-3-4-8-13(12)14/h3-9,11,15H,10,17H2,1-2H3,(H2,18,19,20). The minimum absolute atomic E-state index is 0.0232. The molecular formula is C16H21N3O. The normalized spacial score (nSPS) is 12.4. The van der Waals surface area contributed by atoms with Crippen LogP contribution in [-0.4, -0.2) is 18.6 Å². The number of carbonyl (C=O) groups excluding carboxylic acids is 1. The van der Waals surface area contributed by atoms with E-state index >= 15 is 0 Å². The Morgan fingerprint density at radius 3 is 2.55 bits per heavy atom. The van der Waals surface area contributed by atoms with Crippen molar-refractivity contribution in [1.82, 2.24) is 5.32 Å². The van der Waals surface area contributed by atoms with Gasteiger partial charge in [0.15, 0.2) is 0 Å². The van der Waals surface area contributed by atoms with Crippen molar-refractivity contribution in [1.29, 1.82) is 0 Å². The first-order valence-electron chi connectivity index (χ1n) is 6.87. The Hall–Kier alpha value is -2.07. The second kappa shape index (κ2) is 6.39. The number of urea groups is 1. The molecule has 0 spiro atoms. The van der Waals surface area contributed by atoms with Gasteiger partial charge in [-0.25, -0.2) is 4.79 Å². The molecule has 0 saturated heterocycles. The first kappa shape index (κ1) is 14.3. The largest absolute Gasteiger partial charge is 0.334 e. The summed E-state index contributed by atoms with van der Waals surface area (Å²) in [5, 5.41) is 7.93. The van der Waals surface area contributed by atoms with Crippen LogP contribution in [-0.2, 0) is 0 Å². The van der Waals surface area contributed by atoms with Crippen molar-refractivity contribution >= 4 is 22.5 Å². The highest BCUT2D eigenvalue weighted by Gasteiger charge is 2.14. The predicted molar refractivity (Wildman–Crippen MR) is 83.8 cm³/mol. The number of nitrogens with two attached hydrogens (primary N) is 1. The SMILES string of the molecule is CC(C)C(CN)NC(=O)Nc1cccc2ccccc12. The maximum absolute atomic E-state index is 12.1. The number of hydrogen-bond acceptors (Lipinski definition) is 2. The Morgan fingerprint density at radius 2 is 1.85 bits per heavy atom. The second-order valence-corrected chi connectivity index (χ2v) is 5.21. The summed E-state index contributed by atoms with van der Waals surface area (Å²) in [7, 11) is 0. The minimum atomic E-state index is -0.217. The summed E-state index contributed by atoms with van der Waals surface area (Å²) in [5.74, 6) is 0.304. The molecule has 4 nitrogen and oxygen atoms in total. The molecule has 20 heavy (non-hydrogen) atoms. The van der Waals surface area contributed by atoms with Crippen LogP contribution in [0.15, 0.2) is 42.5 Å². The van der Waals surface area contributed by atoms with Gasteiger partial charge in [-0.15, -0.1) is 0 Å². The quantitative estimate of drug-likeness (QED) is 0.800. The molecule has 0 aliphatic heterocycles. The average Bonchev–Trinajstić information content (AvgIpc) is 2.45. The van der Waals surface area contributed by atoms with E-state index in [2.05, 4.69) is 10.6 Å². The Morgan fingerprint density at radius 1 is 1.15 bits per heavy atom. The van der Waals surface area contributed by atoms with E-state index in [0.29, 0.717) is 12.5 Å². The summed E-state index contributed by atoms with van der Waals surface area (Å²) >= 11 is 0. The zero-order valence-electron chi connectivity index (χ0n) is 11.9. The van der Waals surface area contributed by atoms with Gasteiger partial charge in [0, 0.05) is 18.0 Å². The lowest BCUT2D eigenvalue weighted by Gasteiger charge is -2.21. The highest BCUT2D eigenvalue weighted by molar-refractivity contribution is 6.01. The van der Waals surface area contributed by atoms with Crippen molar-refractivity contribution in [3.05, 3.63) is 42.5 Å². The summed E-state index contributed by atoms with van der Waals surface area (Å²) in [6, 6.07) is 13.6. The number of carbonyl (C=O) groups is 1. The van der Waals surface area contributed by atoms with Gasteiger partial charge in [0.25, 0.3) is 0 Å². The summed E-state index contributed by atoms with van der Waals surface area (Å²) in [6.45, 7) is 4.51. The fourth-order valence-electron chi connectivity index (χ4n) is 2.16. The van der Waals surface area contributed by atoms with E-state index < -0.39 is 0 Å². The van der Waals surface area contributed by atoms with Gasteiger partial charge < -0.3 is 16.4 Å². The molecule has 2 rings (SSSR count). The van der Waals surface area contributed by atoms with Gasteiger partial charge in [0.2, 0.25) is 0 Å². The molecule has 1 atom stereocenters. The Labute approximate surface area is 119 Å². The van der Waals surface area contributed by atoms with Gasteiger partial charge in [0.05, 0.1) is 5.69 Å². The summed E-state index contributed by atoms with van der Waals surface area (Å²) in [4.78, 5) is 12.1. The van der Waals surface area contributed by atoms with Gasteiger partial charge in [-0.1, -0.05) is 50.2 Å². The van der Waals surface area contributed by atoms with Crippen molar-refractivity contribution in [2.75, 3.05) is 11.9 Å². The van der Waals surface area contributed by atoms with Crippen LogP contribution in [0.1, 0.15) is 13.8 Å². The molecule has 2 amide bonds. The van der Waals surface area contributed by atoms with Crippen LogP contribution in [0.25, 0.3) is 10.8 Å². The predicted octanol–water partition coefficient (Wildman–Crippen LogP) is 2.94. The van der Waals surface area contributed by atoms with Gasteiger partial charge >= 0.3 is 6.03 Å². The smallest absolute Gasteiger partial charge is 0.319 e. The van der Waals surface area contributed by atoms with Gasteiger partial charge in [-0.2, -0.15) is 0 Å². The molecular weight excluding hydrogens is 250 g/mol. The fourth-order valence-corrected chi connectivity index (χ4v) is 2.16. The van der Waals surface area contributed by atoms with E-state index in [1.54, 1.807) is 0 Å². The second-order valence-electron chi connectivity index (χ2n) is 5.21. The third-order valence-corrected chi connectivity index (χ3v) is 3.41. The Bertz CT molecular complexity index is 590. The molecule has 106 valence electrons. The van der Waals surface area contributed by atoms with Crippen LogP contribution in [0.4, 0.5) is 10.5 Å². The van der Waals surface area contributed by atoms with E-state index in [1.807, 2.05) is 56.3 Å². The van der Waals surface area contributed by atoms with Crippen molar-refractivity contribution in [3.63, 3.8) is 0 Å². The monoisotopic (exact) mass is 271 g/mol. The fraction of sp³-hybridized carbons (Fsp3) is 0.312. The molecule has 0 bridgehead atoms. The lowest BCUT2D eigenvalue weighted by atomic mass is 10.1. The first-order valence-corrected chi connectivity index (χ1v) is 6.87. The number of anilines is 1. The molecule has 1 unspecified atom stereocenters. The van der Waals surface area contributed by atoms with Crippen LogP contribution in [0, 0.1) is 5.92 Å². The molecule has 2 aromatic rings. The molecule has 2 aromatic carbocycles. The highest BCUT2D eigenvalue weighted by Crippen LogP contribution is 2.22. The van der Waals surface area contributed by atoms with E-state index in [0.717, 1.165) is 16.5 Å². The molecule has 0 aliphatic rings. The molecule has 0 saturated carbocycles. The molecule has 0 aliphatic carbocycles. The third-order valence-electron chi connectivity index (χ3n) is 3.41. The minimum Gasteiger partial charge on any atom is -0.334 e. The average molecular weight is 271 g/mol. The number of benzene rings is 2. The van der Waals surface area contributed by atoms with Crippen LogP contribution < -0.4 is 16.4 Å². The number of amides is 2. The maximum Gasteiger partial charge on any atom is 0.319 e. The zero-order chi connectivity index (χ0) is 14.5. The lowest BCUT2D eigenvalue weighted by Crippen LogP contribution is -2.45. The van der Waals surface area contributed by atoms with Crippen LogP contribution in [0.2, 0.25) is 0 Å². The highest BCUT2D eigenvalue weighted by atomic mass is 16.2. The van der Waals surface area contributed by atoms with E-state index in [-0.39, 0.29) is 12.1 Å². The number of hydrogen-bond donors (Lipinski definition) is 3. The summed E-state index contributed by atoms with van der Waals surface area (Å²) < 4.78 is 0. The molecule has 4 heteroatoms. The summed E-state index contributed by atoms with van der Waals surface area (Å²) in [6.07, 6.45) is 0. The maximum atomic E-state index is 12.1. The zero-order valence-corrected chi connectivity index (χ0v) is 11.9. The molecule has 4 N–H and O–H groups in total. The summed E-state index contributed by atoms with van der Waals surface area (Å²) in [5.41, 5.74) is 6.47. The van der Waals surface area contributed by atoms with E-state index in [9.17, 15) is 4.79 Å². The topological polar surface area (TPSA) is 67.1 Å². The molecule has 0 radical (unpaired) electrons. The molecule has 0 heterocycles. The van der Waals surface area contributed by atoms with Crippen molar-refractivity contribution in [3.8, 4) is 0 Å². The number of rotatable bonds is 4. The van der Waals surface area contributed by atoms with E-state index in [1.165, 1.54) is 0 Å². The number of fused-ring (bicyclic) bond motifs is 1. The number of nitrogens with one attached hydrogen (secondary N) is 2. The first-order chi connectivity index (χ1) is 9.61. The van der Waals surface area contributed by atoms with Crippen LogP contribution in [0.3, 0.4) is 0 Å². The van der Waals surface area contributed by atoms with Crippen molar-refractivity contribution in [2.24, 2.45) is 11.7 Å². The Kier molecular flexibility index (Phi) is 4.58. The van der Waals surface area contributed by atoms with Crippen LogP contribution >= 0.6 is 0 Å². The molecule has 0 fully saturated rings. The van der Waals surface area contributed by atoms with Gasteiger partial charge in [0.1, 0.15) is 0 Å². The third kappa shape index (κ3) is 3.27. The lowest BCUT2D eigenvalue weighted by molar-refractivity contribution is 0.245.